The summed E-state index contributed by atoms with van der Waals surface area (Å²) >= 11 is 0. The molecule has 3 saturated heterocycles. The maximum atomic E-state index is 13.2. The van der Waals surface area contributed by atoms with E-state index in [2.05, 4.69) is 104 Å². The Morgan fingerprint density at radius 3 is 1.24 bits per heavy atom. The van der Waals surface area contributed by atoms with Gasteiger partial charge in [-0.25, -0.2) is 0 Å². The largest absolute Gasteiger partial charge is 0.394 e. The molecule has 0 aromatic carbocycles. The second-order valence-electron chi connectivity index (χ2n) is 23.2. The number of hydrogen-bond donors (Lipinski definition) is 12. The molecule has 1 amide bonds. The second kappa shape index (κ2) is 48.8. The first-order valence-electron chi connectivity index (χ1n) is 32.8. The van der Waals surface area contributed by atoms with Crippen molar-refractivity contribution in [3.05, 3.63) is 85.1 Å². The highest BCUT2D eigenvalue weighted by molar-refractivity contribution is 5.76. The smallest absolute Gasteiger partial charge is 0.220 e. The summed E-state index contributed by atoms with van der Waals surface area (Å²) in [6, 6.07) is -0.886. The minimum atomic E-state index is -1.97. The van der Waals surface area contributed by atoms with Crippen LogP contribution in [-0.4, -0.2) is 193 Å². The number of ether oxygens (including phenoxy) is 6. The van der Waals surface area contributed by atoms with Crippen LogP contribution in [-0.2, 0) is 33.2 Å². The molecule has 19 nitrogen and oxygen atoms in total. The first kappa shape index (κ1) is 77.2. The normalized spacial score (nSPS) is 29.3. The minimum Gasteiger partial charge on any atom is -0.394 e. The highest BCUT2D eigenvalue weighted by Crippen LogP contribution is 2.33. The lowest BCUT2D eigenvalue weighted by atomic mass is 9.96. The molecular formula is C67H115NO18. The van der Waals surface area contributed by atoms with E-state index in [0.29, 0.717) is 19.3 Å². The minimum absolute atomic E-state index is 0.256. The van der Waals surface area contributed by atoms with E-state index in [-0.39, 0.29) is 18.9 Å². The maximum absolute atomic E-state index is 13.2. The predicted octanol–water partition coefficient (Wildman–Crippen LogP) is 7.54. The zero-order chi connectivity index (χ0) is 62.6. The molecule has 3 rings (SSSR count). The van der Waals surface area contributed by atoms with E-state index >= 15 is 0 Å². The SMILES string of the molecule is CC/C=C\C/C=C\C/C=C\C/C=C\C/C=C\C/C=C\C/C=C\CCCCCCCCCCCCCCCCCC(=O)NC(COC1OC(CO)C(OC2OC(CO)C(OC3OC(CO)C(O)C(O)C3O)C(O)C2O)C(O)C1O)C(O)CCCCCC. The third-order valence-electron chi connectivity index (χ3n) is 16.0. The monoisotopic (exact) mass is 1220 g/mol. The van der Waals surface area contributed by atoms with Crippen LogP contribution in [0.3, 0.4) is 0 Å². The maximum Gasteiger partial charge on any atom is 0.220 e. The van der Waals surface area contributed by atoms with E-state index in [0.717, 1.165) is 89.9 Å². The summed E-state index contributed by atoms with van der Waals surface area (Å²) in [6.07, 6.45) is 35.1. The van der Waals surface area contributed by atoms with Crippen LogP contribution in [0.4, 0.5) is 0 Å². The van der Waals surface area contributed by atoms with Crippen LogP contribution in [0, 0.1) is 0 Å². The Hall–Kier alpha value is -3.03. The summed E-state index contributed by atoms with van der Waals surface area (Å²) in [5, 5.41) is 120. The Labute approximate surface area is 514 Å². The predicted molar refractivity (Wildman–Crippen MR) is 332 cm³/mol. The van der Waals surface area contributed by atoms with E-state index < -0.39 is 124 Å². The molecule has 0 spiro atoms. The fourth-order valence-electron chi connectivity index (χ4n) is 10.6. The van der Waals surface area contributed by atoms with E-state index in [1.54, 1.807) is 0 Å². The molecule has 0 aromatic heterocycles. The van der Waals surface area contributed by atoms with Gasteiger partial charge in [0.05, 0.1) is 38.6 Å². The van der Waals surface area contributed by atoms with E-state index in [1.165, 1.54) is 70.6 Å². The van der Waals surface area contributed by atoms with Crippen molar-refractivity contribution in [1.82, 2.24) is 5.32 Å². The van der Waals surface area contributed by atoms with Crippen molar-refractivity contribution in [1.29, 1.82) is 0 Å². The molecule has 19 heteroatoms. The summed E-state index contributed by atoms with van der Waals surface area (Å²) in [6.45, 7) is 1.52. The van der Waals surface area contributed by atoms with Crippen molar-refractivity contribution in [3.63, 3.8) is 0 Å². The molecule has 3 aliphatic heterocycles. The lowest BCUT2D eigenvalue weighted by molar-refractivity contribution is -0.379. The molecule has 0 radical (unpaired) electrons. The molecule has 3 fully saturated rings. The third kappa shape index (κ3) is 31.1. The number of amides is 1. The molecule has 496 valence electrons. The zero-order valence-electron chi connectivity index (χ0n) is 52.0. The first-order valence-corrected chi connectivity index (χ1v) is 32.8. The van der Waals surface area contributed by atoms with Crippen LogP contribution in [0.2, 0.25) is 0 Å². The summed E-state index contributed by atoms with van der Waals surface area (Å²) < 4.78 is 34.1. The molecule has 0 aromatic rings. The van der Waals surface area contributed by atoms with Crippen molar-refractivity contribution >= 4 is 5.91 Å². The molecule has 12 N–H and O–H groups in total. The fourth-order valence-corrected chi connectivity index (χ4v) is 10.6. The summed E-state index contributed by atoms with van der Waals surface area (Å²) in [7, 11) is 0. The van der Waals surface area contributed by atoms with Gasteiger partial charge < -0.3 is 89.9 Å². The van der Waals surface area contributed by atoms with Crippen molar-refractivity contribution in [2.24, 2.45) is 0 Å². The molecular weight excluding hydrogens is 1110 g/mol. The van der Waals surface area contributed by atoms with Crippen LogP contribution < -0.4 is 5.32 Å². The van der Waals surface area contributed by atoms with Gasteiger partial charge in [0.2, 0.25) is 5.91 Å². The lowest BCUT2D eigenvalue weighted by Gasteiger charge is -2.48. The second-order valence-corrected chi connectivity index (χ2v) is 23.2. The number of carbonyl (C=O) groups excluding carboxylic acids is 1. The van der Waals surface area contributed by atoms with Gasteiger partial charge in [-0.2, -0.15) is 0 Å². The van der Waals surface area contributed by atoms with Crippen LogP contribution in [0.25, 0.3) is 0 Å². The molecule has 86 heavy (non-hydrogen) atoms. The standard InChI is InChI=1S/C67H115NO18/c1-3-5-7-9-10-11-12-13-14-15-16-17-18-19-20-21-22-23-24-25-26-27-28-29-30-31-32-33-34-35-36-37-38-39-40-41-43-45-55(73)68-50(51(72)44-42-8-6-4-2)49-81-65-61(79)58(76)63(53(47-70)83-65)86-67-62(80)59(77)64(54(48-71)84-67)85-66-60(78)57(75)56(74)52(46-69)82-66/h5,7,10-11,13-14,16-17,19-20,22-23,25-26,50-54,56-67,69-72,74-80H,3-4,6,8-9,12,15,18,21,24,27-49H2,1-2H3,(H,68,73)/b7-5-,11-10-,14-13-,17-16-,20-19-,23-22-,26-25-. The molecule has 3 heterocycles. The number of unbranched alkanes of at least 4 members (excludes halogenated alkanes) is 18. The topological polar surface area (TPSA) is 307 Å². The zero-order valence-corrected chi connectivity index (χ0v) is 52.0. The number of aliphatic hydroxyl groups excluding tert-OH is 11. The average Bonchev–Trinajstić information content (AvgIpc) is 1.41. The highest BCUT2D eigenvalue weighted by atomic mass is 16.8. The van der Waals surface area contributed by atoms with Gasteiger partial charge in [-0.1, -0.05) is 208 Å². The van der Waals surface area contributed by atoms with Crippen molar-refractivity contribution in [2.75, 3.05) is 26.4 Å². The summed E-state index contributed by atoms with van der Waals surface area (Å²) in [4.78, 5) is 13.2. The van der Waals surface area contributed by atoms with Gasteiger partial charge in [-0.15, -0.1) is 0 Å². The molecule has 0 bridgehead atoms. The van der Waals surface area contributed by atoms with E-state index in [4.69, 9.17) is 28.4 Å². The number of rotatable bonds is 48. The Balaban J connectivity index is 1.25. The summed E-state index contributed by atoms with van der Waals surface area (Å²) in [5.74, 6) is -0.256. The number of carbonyl (C=O) groups is 1. The third-order valence-corrected chi connectivity index (χ3v) is 16.0. The van der Waals surface area contributed by atoms with Crippen LogP contribution in [0.5, 0.6) is 0 Å². The van der Waals surface area contributed by atoms with Crippen molar-refractivity contribution in [3.8, 4) is 0 Å². The van der Waals surface area contributed by atoms with Gasteiger partial charge in [0.15, 0.2) is 18.9 Å². The van der Waals surface area contributed by atoms with Crippen molar-refractivity contribution in [2.45, 2.75) is 304 Å². The van der Waals surface area contributed by atoms with Crippen LogP contribution >= 0.6 is 0 Å². The van der Waals surface area contributed by atoms with Crippen molar-refractivity contribution < 1.29 is 89.4 Å². The molecule has 17 unspecified atom stereocenters. The number of hydrogen-bond acceptors (Lipinski definition) is 18. The number of allylic oxidation sites excluding steroid dienone is 14. The van der Waals surface area contributed by atoms with Gasteiger partial charge >= 0.3 is 0 Å². The van der Waals surface area contributed by atoms with Gasteiger partial charge in [-0.05, 0) is 70.6 Å². The first-order chi connectivity index (χ1) is 41.8. The van der Waals surface area contributed by atoms with Gasteiger partial charge in [0.25, 0.3) is 0 Å². The van der Waals surface area contributed by atoms with Crippen LogP contribution in [0.15, 0.2) is 85.1 Å². The summed E-state index contributed by atoms with van der Waals surface area (Å²) in [5.41, 5.74) is 0. The molecule has 3 aliphatic rings. The van der Waals surface area contributed by atoms with Gasteiger partial charge in [0.1, 0.15) is 73.2 Å². The van der Waals surface area contributed by atoms with Crippen LogP contribution in [0.1, 0.15) is 200 Å². The van der Waals surface area contributed by atoms with E-state index in [1.807, 2.05) is 0 Å². The highest BCUT2D eigenvalue weighted by Gasteiger charge is 2.53. The Morgan fingerprint density at radius 1 is 0.430 bits per heavy atom. The molecule has 17 atom stereocenters. The van der Waals surface area contributed by atoms with Gasteiger partial charge in [-0.3, -0.25) is 4.79 Å². The quantitative estimate of drug-likeness (QED) is 0.0207. The van der Waals surface area contributed by atoms with E-state index in [9.17, 15) is 61.0 Å². The average molecular weight is 1220 g/mol. The molecule has 0 aliphatic carbocycles. The fraction of sp³-hybridized carbons (Fsp3) is 0.776. The Kier molecular flexibility index (Phi) is 43.8. The number of aliphatic hydroxyl groups is 11. The lowest BCUT2D eigenvalue weighted by Crippen LogP contribution is -2.66. The number of nitrogens with one attached hydrogen (secondary N) is 1. The van der Waals surface area contributed by atoms with Gasteiger partial charge in [0, 0.05) is 6.42 Å². The Bertz CT molecular complexity index is 1890. The molecule has 0 saturated carbocycles. The Morgan fingerprint density at radius 2 is 0.802 bits per heavy atom.